The Hall–Kier alpha value is -5.60. The van der Waals surface area contributed by atoms with Crippen LogP contribution in [0.2, 0.25) is 0 Å². The summed E-state index contributed by atoms with van der Waals surface area (Å²) in [5.74, 6) is 0. The van der Waals surface area contributed by atoms with Gasteiger partial charge in [0.05, 0.1) is 16.7 Å². The molecule has 198 valence electrons. The second-order valence-electron chi connectivity index (χ2n) is 10.7. The van der Waals surface area contributed by atoms with Crippen LogP contribution in [-0.4, -0.2) is 4.57 Å². The highest BCUT2D eigenvalue weighted by Crippen LogP contribution is 2.40. The van der Waals surface area contributed by atoms with E-state index < -0.39 is 0 Å². The van der Waals surface area contributed by atoms with Gasteiger partial charge >= 0.3 is 0 Å². The Bertz CT molecular complexity index is 2200. The van der Waals surface area contributed by atoms with E-state index in [1.807, 2.05) is 0 Å². The Labute approximate surface area is 245 Å². The van der Waals surface area contributed by atoms with Gasteiger partial charge in [-0.2, -0.15) is 0 Å². The molecular weight excluding hydrogens is 508 g/mol. The van der Waals surface area contributed by atoms with Crippen molar-refractivity contribution in [2.45, 2.75) is 0 Å². The first-order chi connectivity index (χ1) is 20.8. The highest BCUT2D eigenvalue weighted by atomic mass is 15.0. The van der Waals surface area contributed by atoms with Crippen molar-refractivity contribution in [3.63, 3.8) is 0 Å². The van der Waals surface area contributed by atoms with Crippen LogP contribution in [-0.2, 0) is 0 Å². The molecule has 0 atom stereocenters. The van der Waals surface area contributed by atoms with Crippen LogP contribution in [0.4, 0.5) is 11.4 Å². The third-order valence-corrected chi connectivity index (χ3v) is 8.19. The molecule has 0 aliphatic rings. The van der Waals surface area contributed by atoms with Crippen molar-refractivity contribution >= 4 is 44.0 Å². The van der Waals surface area contributed by atoms with Crippen LogP contribution in [0.3, 0.4) is 0 Å². The molecular formula is C40H28N2. The highest BCUT2D eigenvalue weighted by molar-refractivity contribution is 6.15. The van der Waals surface area contributed by atoms with E-state index in [1.54, 1.807) is 0 Å². The van der Waals surface area contributed by atoms with Gasteiger partial charge in [0.25, 0.3) is 0 Å². The Morgan fingerprint density at radius 3 is 1.90 bits per heavy atom. The lowest BCUT2D eigenvalue weighted by molar-refractivity contribution is 1.18. The maximum absolute atomic E-state index is 3.75. The van der Waals surface area contributed by atoms with Gasteiger partial charge in [-0.3, -0.25) is 0 Å². The predicted molar refractivity (Wildman–Crippen MR) is 179 cm³/mol. The molecule has 0 aliphatic carbocycles. The maximum Gasteiger partial charge on any atom is 0.0562 e. The summed E-state index contributed by atoms with van der Waals surface area (Å²) in [5.41, 5.74) is 10.6. The first-order valence-corrected chi connectivity index (χ1v) is 14.4. The van der Waals surface area contributed by atoms with E-state index in [0.29, 0.717) is 0 Å². The Kier molecular flexibility index (Phi) is 5.82. The van der Waals surface area contributed by atoms with Gasteiger partial charge in [0.2, 0.25) is 0 Å². The summed E-state index contributed by atoms with van der Waals surface area (Å²) in [7, 11) is 0. The minimum atomic E-state index is 1.06. The molecule has 2 nitrogen and oxygen atoms in total. The third kappa shape index (κ3) is 4.05. The molecule has 0 saturated carbocycles. The van der Waals surface area contributed by atoms with Crippen LogP contribution in [0.5, 0.6) is 0 Å². The third-order valence-electron chi connectivity index (χ3n) is 8.19. The molecule has 0 unspecified atom stereocenters. The number of fused-ring (bicyclic) bond motifs is 4. The van der Waals surface area contributed by atoms with Crippen molar-refractivity contribution in [3.05, 3.63) is 164 Å². The molecule has 8 rings (SSSR count). The molecule has 8 aromatic rings. The highest BCUT2D eigenvalue weighted by Gasteiger charge is 2.17. The number of aromatic nitrogens is 1. The average molecular weight is 537 g/mol. The molecule has 2 heteroatoms. The monoisotopic (exact) mass is 536 g/mol. The molecule has 0 amide bonds. The molecule has 1 N–H and O–H groups in total. The molecule has 0 aliphatic heterocycles. The maximum atomic E-state index is 3.75. The van der Waals surface area contributed by atoms with Gasteiger partial charge < -0.3 is 9.88 Å². The van der Waals surface area contributed by atoms with E-state index in [-0.39, 0.29) is 0 Å². The van der Waals surface area contributed by atoms with Crippen molar-refractivity contribution in [2.24, 2.45) is 0 Å². The zero-order chi connectivity index (χ0) is 27.9. The van der Waals surface area contributed by atoms with Crippen molar-refractivity contribution in [2.75, 3.05) is 5.32 Å². The molecule has 1 aromatic heterocycles. The average Bonchev–Trinajstić information content (AvgIpc) is 3.40. The Morgan fingerprint density at radius 1 is 0.405 bits per heavy atom. The second-order valence-corrected chi connectivity index (χ2v) is 10.7. The van der Waals surface area contributed by atoms with Gasteiger partial charge in [0, 0.05) is 27.7 Å². The number of nitrogens with one attached hydrogen (secondary N) is 1. The minimum Gasteiger partial charge on any atom is -0.355 e. The van der Waals surface area contributed by atoms with Crippen molar-refractivity contribution < 1.29 is 0 Å². The van der Waals surface area contributed by atoms with Crippen molar-refractivity contribution in [1.82, 2.24) is 4.57 Å². The molecule has 1 heterocycles. The van der Waals surface area contributed by atoms with E-state index in [2.05, 4.69) is 174 Å². The van der Waals surface area contributed by atoms with Gasteiger partial charge in [-0.25, -0.2) is 0 Å². The zero-order valence-corrected chi connectivity index (χ0v) is 23.0. The first-order valence-electron chi connectivity index (χ1n) is 14.4. The van der Waals surface area contributed by atoms with E-state index in [9.17, 15) is 0 Å². The molecule has 0 saturated heterocycles. The summed E-state index contributed by atoms with van der Waals surface area (Å²) in [5, 5.41) is 8.73. The molecule has 0 bridgehead atoms. The summed E-state index contributed by atoms with van der Waals surface area (Å²) in [6.07, 6.45) is 0. The quantitative estimate of drug-likeness (QED) is 0.231. The van der Waals surface area contributed by atoms with E-state index in [0.717, 1.165) is 11.4 Å². The normalized spacial score (nSPS) is 11.3. The smallest absolute Gasteiger partial charge is 0.0562 e. The first kappa shape index (κ1) is 24.2. The molecule has 0 spiro atoms. The zero-order valence-electron chi connectivity index (χ0n) is 23.0. The fourth-order valence-corrected chi connectivity index (χ4v) is 6.28. The predicted octanol–water partition coefficient (Wildman–Crippen LogP) is 11.0. The van der Waals surface area contributed by atoms with Crippen molar-refractivity contribution in [1.29, 1.82) is 0 Å². The fraction of sp³-hybridized carbons (Fsp3) is 0. The van der Waals surface area contributed by atoms with E-state index in [4.69, 9.17) is 0 Å². The molecule has 42 heavy (non-hydrogen) atoms. The van der Waals surface area contributed by atoms with E-state index in [1.165, 1.54) is 60.5 Å². The van der Waals surface area contributed by atoms with Gasteiger partial charge in [0.15, 0.2) is 0 Å². The topological polar surface area (TPSA) is 17.0 Å². The lowest BCUT2D eigenvalue weighted by Gasteiger charge is -2.14. The number of hydrogen-bond acceptors (Lipinski definition) is 1. The largest absolute Gasteiger partial charge is 0.355 e. The summed E-state index contributed by atoms with van der Waals surface area (Å²) in [4.78, 5) is 0. The van der Waals surface area contributed by atoms with Gasteiger partial charge in [-0.05, 0) is 63.9 Å². The van der Waals surface area contributed by atoms with Crippen LogP contribution in [0.1, 0.15) is 0 Å². The summed E-state index contributed by atoms with van der Waals surface area (Å²) < 4.78 is 2.40. The number of benzene rings is 7. The molecule has 7 aromatic carbocycles. The summed E-state index contributed by atoms with van der Waals surface area (Å²) in [6.45, 7) is 0. The SMILES string of the molecule is c1ccc(-c2ccccc2-n2c3ccccc3c3c(Nc4ccc(-c5cccc6ccccc56)cc4)cccc32)cc1. The van der Waals surface area contributed by atoms with Crippen LogP contribution in [0.25, 0.3) is 60.5 Å². The number of para-hydroxylation sites is 2. The Morgan fingerprint density at radius 2 is 1.02 bits per heavy atom. The minimum absolute atomic E-state index is 1.06. The fourth-order valence-electron chi connectivity index (χ4n) is 6.28. The van der Waals surface area contributed by atoms with Gasteiger partial charge in [-0.1, -0.05) is 127 Å². The summed E-state index contributed by atoms with van der Waals surface area (Å²) >= 11 is 0. The molecule has 0 fully saturated rings. The second kappa shape index (κ2) is 10.1. The number of rotatable bonds is 5. The van der Waals surface area contributed by atoms with Crippen LogP contribution in [0.15, 0.2) is 164 Å². The van der Waals surface area contributed by atoms with Crippen LogP contribution in [0, 0.1) is 0 Å². The van der Waals surface area contributed by atoms with Crippen LogP contribution >= 0.6 is 0 Å². The van der Waals surface area contributed by atoms with E-state index >= 15 is 0 Å². The van der Waals surface area contributed by atoms with Gasteiger partial charge in [-0.15, -0.1) is 0 Å². The number of hydrogen-bond donors (Lipinski definition) is 1. The Balaban J connectivity index is 1.24. The van der Waals surface area contributed by atoms with Crippen molar-refractivity contribution in [3.8, 4) is 27.9 Å². The molecule has 0 radical (unpaired) electrons. The number of nitrogens with zero attached hydrogens (tertiary/aromatic N) is 1. The number of anilines is 2. The standard InChI is InChI=1S/C40H28N2/c1-2-12-29(13-3-1)34-17-6-8-21-37(34)42-38-22-9-7-18-35(38)40-36(20-11-23-39(40)42)41-31-26-24-30(25-27-31)33-19-10-15-28-14-4-5-16-32(28)33/h1-27,41H. The summed E-state index contributed by atoms with van der Waals surface area (Å²) in [6, 6.07) is 58.5. The van der Waals surface area contributed by atoms with Gasteiger partial charge in [0.1, 0.15) is 0 Å². The van der Waals surface area contributed by atoms with Crippen LogP contribution < -0.4 is 5.32 Å². The lowest BCUT2D eigenvalue weighted by Crippen LogP contribution is -1.97. The lowest BCUT2D eigenvalue weighted by atomic mass is 9.98.